The van der Waals surface area contributed by atoms with Crippen molar-refractivity contribution in [2.75, 3.05) is 46.5 Å². The molecule has 140 valence electrons. The third kappa shape index (κ3) is 5.06. The Kier molecular flexibility index (Phi) is 7.46. The molecule has 0 bridgehead atoms. The number of H-pyrrole nitrogens is 1. The molecule has 0 aliphatic carbocycles. The van der Waals surface area contributed by atoms with E-state index in [0.717, 1.165) is 51.4 Å². The van der Waals surface area contributed by atoms with Crippen LogP contribution >= 0.6 is 0 Å². The second kappa shape index (κ2) is 9.58. The van der Waals surface area contributed by atoms with Crippen LogP contribution in [0.4, 0.5) is 0 Å². The zero-order valence-corrected chi connectivity index (χ0v) is 15.4. The maximum Gasteiger partial charge on any atom is 0.339 e. The van der Waals surface area contributed by atoms with E-state index in [9.17, 15) is 9.59 Å². The number of morpholine rings is 1. The summed E-state index contributed by atoms with van der Waals surface area (Å²) in [5, 5.41) is 2.93. The molecule has 1 aliphatic heterocycles. The van der Waals surface area contributed by atoms with E-state index in [1.807, 2.05) is 6.92 Å². The first kappa shape index (κ1) is 19.5. The molecule has 0 unspecified atom stereocenters. The van der Waals surface area contributed by atoms with Gasteiger partial charge in [0.05, 0.1) is 25.9 Å². The first-order chi connectivity index (χ1) is 12.1. The van der Waals surface area contributed by atoms with Crippen molar-refractivity contribution in [1.29, 1.82) is 0 Å². The van der Waals surface area contributed by atoms with Gasteiger partial charge in [0, 0.05) is 25.3 Å². The Hall–Kier alpha value is -1.86. The van der Waals surface area contributed by atoms with Crippen LogP contribution in [-0.2, 0) is 15.9 Å². The summed E-state index contributed by atoms with van der Waals surface area (Å²) in [6.07, 6.45) is 2.60. The van der Waals surface area contributed by atoms with Gasteiger partial charge in [0.25, 0.3) is 5.91 Å². The molecule has 0 saturated carbocycles. The van der Waals surface area contributed by atoms with E-state index in [2.05, 4.69) is 15.2 Å². The lowest BCUT2D eigenvalue weighted by Crippen LogP contribution is -2.37. The summed E-state index contributed by atoms with van der Waals surface area (Å²) in [6.45, 7) is 8.97. The van der Waals surface area contributed by atoms with Gasteiger partial charge in [-0.2, -0.15) is 0 Å². The Balaban J connectivity index is 1.82. The number of hydrogen-bond donors (Lipinski definition) is 2. The van der Waals surface area contributed by atoms with E-state index in [1.54, 1.807) is 6.92 Å². The van der Waals surface area contributed by atoms with Crippen molar-refractivity contribution < 1.29 is 19.1 Å². The minimum Gasteiger partial charge on any atom is -0.465 e. The second-order valence-electron chi connectivity index (χ2n) is 6.24. The van der Waals surface area contributed by atoms with Crippen LogP contribution in [0.2, 0.25) is 0 Å². The van der Waals surface area contributed by atoms with E-state index < -0.39 is 5.97 Å². The standard InChI is InChI=1S/C18H29N3O4/c1-4-14-15(18(23)24-3)13(2)16(20-14)17(22)19-7-5-6-8-21-9-11-25-12-10-21/h20H,4-12H2,1-3H3,(H,19,22). The maximum absolute atomic E-state index is 12.4. The van der Waals surface area contributed by atoms with Crippen molar-refractivity contribution >= 4 is 11.9 Å². The normalized spacial score (nSPS) is 15.2. The highest BCUT2D eigenvalue weighted by Crippen LogP contribution is 2.20. The molecular formula is C18H29N3O4. The second-order valence-corrected chi connectivity index (χ2v) is 6.24. The number of hydrogen-bond acceptors (Lipinski definition) is 5. The summed E-state index contributed by atoms with van der Waals surface area (Å²) < 4.78 is 10.1. The van der Waals surface area contributed by atoms with Gasteiger partial charge in [-0.1, -0.05) is 6.92 Å². The van der Waals surface area contributed by atoms with E-state index in [-0.39, 0.29) is 5.91 Å². The van der Waals surface area contributed by atoms with Crippen molar-refractivity contribution in [3.63, 3.8) is 0 Å². The summed E-state index contributed by atoms with van der Waals surface area (Å²) in [5.74, 6) is -0.580. The van der Waals surface area contributed by atoms with Crippen LogP contribution in [0.1, 0.15) is 51.9 Å². The fourth-order valence-electron chi connectivity index (χ4n) is 3.10. The third-order valence-corrected chi connectivity index (χ3v) is 4.59. The topological polar surface area (TPSA) is 83.7 Å². The molecule has 2 heterocycles. The number of aryl methyl sites for hydroxylation is 1. The number of aromatic amines is 1. The minimum absolute atomic E-state index is 0.172. The van der Waals surface area contributed by atoms with Crippen LogP contribution in [0.3, 0.4) is 0 Å². The molecule has 0 atom stereocenters. The van der Waals surface area contributed by atoms with Crippen LogP contribution in [0, 0.1) is 6.92 Å². The van der Waals surface area contributed by atoms with Gasteiger partial charge in [-0.05, 0) is 38.3 Å². The molecule has 1 fully saturated rings. The minimum atomic E-state index is -0.407. The number of amides is 1. The van der Waals surface area contributed by atoms with Crippen molar-refractivity contribution in [3.05, 3.63) is 22.5 Å². The molecule has 2 rings (SSSR count). The van der Waals surface area contributed by atoms with Crippen LogP contribution < -0.4 is 5.32 Å². The molecule has 0 spiro atoms. The Morgan fingerprint density at radius 3 is 2.64 bits per heavy atom. The average Bonchev–Trinajstić information content (AvgIpc) is 2.98. The van der Waals surface area contributed by atoms with Gasteiger partial charge in [-0.25, -0.2) is 4.79 Å². The molecule has 0 aromatic carbocycles. The lowest BCUT2D eigenvalue weighted by Gasteiger charge is -2.26. The smallest absolute Gasteiger partial charge is 0.339 e. The number of methoxy groups -OCH3 is 1. The van der Waals surface area contributed by atoms with Crippen molar-refractivity contribution in [2.24, 2.45) is 0 Å². The van der Waals surface area contributed by atoms with Gasteiger partial charge in [0.2, 0.25) is 0 Å². The fraction of sp³-hybridized carbons (Fsp3) is 0.667. The Labute approximate surface area is 149 Å². The van der Waals surface area contributed by atoms with Gasteiger partial charge in [0.1, 0.15) is 5.69 Å². The quantitative estimate of drug-likeness (QED) is 0.548. The highest BCUT2D eigenvalue weighted by Gasteiger charge is 2.23. The molecule has 1 aromatic rings. The highest BCUT2D eigenvalue weighted by atomic mass is 16.5. The predicted molar refractivity (Wildman–Crippen MR) is 95.1 cm³/mol. The maximum atomic E-state index is 12.4. The molecule has 2 N–H and O–H groups in total. The van der Waals surface area contributed by atoms with Crippen molar-refractivity contribution in [2.45, 2.75) is 33.1 Å². The summed E-state index contributed by atoms with van der Waals surface area (Å²) >= 11 is 0. The van der Waals surface area contributed by atoms with Gasteiger partial charge in [-0.15, -0.1) is 0 Å². The fourth-order valence-corrected chi connectivity index (χ4v) is 3.10. The van der Waals surface area contributed by atoms with Crippen molar-refractivity contribution in [3.8, 4) is 0 Å². The predicted octanol–water partition coefficient (Wildman–Crippen LogP) is 1.51. The molecule has 7 heteroatoms. The number of carbonyl (C=O) groups excluding carboxylic acids is 2. The first-order valence-electron chi connectivity index (χ1n) is 8.96. The van der Waals surface area contributed by atoms with Gasteiger partial charge in [0.15, 0.2) is 0 Å². The molecule has 1 saturated heterocycles. The van der Waals surface area contributed by atoms with Gasteiger partial charge in [-0.3, -0.25) is 9.69 Å². The number of carbonyl (C=O) groups is 2. The van der Waals surface area contributed by atoms with E-state index >= 15 is 0 Å². The summed E-state index contributed by atoms with van der Waals surface area (Å²) in [6, 6.07) is 0. The summed E-state index contributed by atoms with van der Waals surface area (Å²) in [7, 11) is 1.35. The molecule has 1 aromatic heterocycles. The van der Waals surface area contributed by atoms with Crippen molar-refractivity contribution in [1.82, 2.24) is 15.2 Å². The van der Waals surface area contributed by atoms with Crippen LogP contribution in [0.5, 0.6) is 0 Å². The zero-order valence-electron chi connectivity index (χ0n) is 15.4. The Bertz CT molecular complexity index is 591. The van der Waals surface area contributed by atoms with Crippen LogP contribution in [0.15, 0.2) is 0 Å². The number of ether oxygens (including phenoxy) is 2. The number of nitrogens with one attached hydrogen (secondary N) is 2. The molecule has 0 radical (unpaired) electrons. The van der Waals surface area contributed by atoms with E-state index in [1.165, 1.54) is 7.11 Å². The molecule has 25 heavy (non-hydrogen) atoms. The number of aromatic nitrogens is 1. The zero-order chi connectivity index (χ0) is 18.2. The number of rotatable bonds is 8. The summed E-state index contributed by atoms with van der Waals surface area (Å²) in [4.78, 5) is 29.8. The SMILES string of the molecule is CCc1[nH]c(C(=O)NCCCCN2CCOCC2)c(C)c1C(=O)OC. The molecule has 1 amide bonds. The number of nitrogens with zero attached hydrogens (tertiary/aromatic N) is 1. The first-order valence-corrected chi connectivity index (χ1v) is 8.96. The lowest BCUT2D eigenvalue weighted by molar-refractivity contribution is 0.0372. The van der Waals surface area contributed by atoms with Gasteiger partial charge >= 0.3 is 5.97 Å². The van der Waals surface area contributed by atoms with Crippen LogP contribution in [-0.4, -0.2) is 68.3 Å². The Morgan fingerprint density at radius 1 is 1.28 bits per heavy atom. The third-order valence-electron chi connectivity index (χ3n) is 4.59. The van der Waals surface area contributed by atoms with E-state index in [0.29, 0.717) is 29.8 Å². The number of esters is 1. The molecule has 7 nitrogen and oxygen atoms in total. The molecular weight excluding hydrogens is 322 g/mol. The van der Waals surface area contributed by atoms with Gasteiger partial charge < -0.3 is 19.8 Å². The lowest BCUT2D eigenvalue weighted by atomic mass is 10.1. The molecule has 1 aliphatic rings. The number of unbranched alkanes of at least 4 members (excludes halogenated alkanes) is 1. The van der Waals surface area contributed by atoms with Crippen LogP contribution in [0.25, 0.3) is 0 Å². The average molecular weight is 351 g/mol. The monoisotopic (exact) mass is 351 g/mol. The highest BCUT2D eigenvalue weighted by molar-refractivity contribution is 6.00. The van der Waals surface area contributed by atoms with E-state index in [4.69, 9.17) is 9.47 Å². The Morgan fingerprint density at radius 2 is 2.00 bits per heavy atom. The summed E-state index contributed by atoms with van der Waals surface area (Å²) in [5.41, 5.74) is 2.31. The largest absolute Gasteiger partial charge is 0.465 e.